The lowest BCUT2D eigenvalue weighted by atomic mass is 10.1. The third kappa shape index (κ3) is 10.5. The molecule has 1 fully saturated rings. The summed E-state index contributed by atoms with van der Waals surface area (Å²) in [5.41, 5.74) is 0.0560. The van der Waals surface area contributed by atoms with E-state index >= 15 is 0 Å². The molecule has 1 aromatic carbocycles. The molecule has 3 N–H and O–H groups in total. The summed E-state index contributed by atoms with van der Waals surface area (Å²) in [6.45, 7) is 12.8. The zero-order chi connectivity index (χ0) is 23.8. The first-order valence-electron chi connectivity index (χ1n) is 11.0. The summed E-state index contributed by atoms with van der Waals surface area (Å²) in [5.74, 6) is 0.534. The number of ether oxygens (including phenoxy) is 1. The van der Waals surface area contributed by atoms with Crippen molar-refractivity contribution in [2.75, 3.05) is 51.2 Å². The summed E-state index contributed by atoms with van der Waals surface area (Å²) in [7, 11) is 1.65. The minimum absolute atomic E-state index is 0. The number of anilines is 1. The van der Waals surface area contributed by atoms with Crippen LogP contribution >= 0.6 is 24.0 Å². The number of piperazine rings is 1. The zero-order valence-electron chi connectivity index (χ0n) is 20.6. The van der Waals surface area contributed by atoms with Crippen LogP contribution in [0.3, 0.4) is 0 Å². The van der Waals surface area contributed by atoms with Crippen molar-refractivity contribution in [3.8, 4) is 0 Å². The van der Waals surface area contributed by atoms with E-state index in [-0.39, 0.29) is 36.4 Å². The Kier molecular flexibility index (Phi) is 11.2. The molecule has 0 spiro atoms. The number of rotatable bonds is 6. The van der Waals surface area contributed by atoms with Gasteiger partial charge in [0, 0.05) is 45.5 Å². The van der Waals surface area contributed by atoms with E-state index in [4.69, 9.17) is 4.74 Å². The van der Waals surface area contributed by atoms with E-state index in [1.165, 1.54) is 5.69 Å². The molecule has 0 atom stereocenters. The Hall–Kier alpha value is -2.24. The van der Waals surface area contributed by atoms with Gasteiger partial charge in [-0.2, -0.15) is 0 Å². The Morgan fingerprint density at radius 2 is 1.61 bits per heavy atom. The minimum atomic E-state index is -0.572. The fourth-order valence-corrected chi connectivity index (χ4v) is 3.27. The number of halogens is 1. The number of guanidine groups is 1. The van der Waals surface area contributed by atoms with E-state index in [2.05, 4.69) is 38.0 Å². The van der Waals surface area contributed by atoms with Crippen LogP contribution < -0.4 is 20.9 Å². The van der Waals surface area contributed by atoms with Gasteiger partial charge in [-0.1, -0.05) is 18.2 Å². The number of hydrogen-bond acceptors (Lipinski definition) is 5. The highest BCUT2D eigenvalue weighted by Gasteiger charge is 2.25. The lowest BCUT2D eigenvalue weighted by Crippen LogP contribution is -2.55. The smallest absolute Gasteiger partial charge is 0.408 e. The topological polar surface area (TPSA) is 98.3 Å². The van der Waals surface area contributed by atoms with Crippen molar-refractivity contribution in [3.63, 3.8) is 0 Å². The lowest BCUT2D eigenvalue weighted by Gasteiger charge is -2.36. The maximum atomic E-state index is 12.6. The van der Waals surface area contributed by atoms with Gasteiger partial charge in [-0.25, -0.2) is 4.79 Å². The molecule has 1 heterocycles. The van der Waals surface area contributed by atoms with Crippen molar-refractivity contribution in [2.45, 2.75) is 45.8 Å². The van der Waals surface area contributed by atoms with Crippen LogP contribution in [0.15, 0.2) is 35.3 Å². The first kappa shape index (κ1) is 28.8. The molecule has 0 aliphatic carbocycles. The van der Waals surface area contributed by atoms with Crippen molar-refractivity contribution in [2.24, 2.45) is 4.99 Å². The molecule has 2 rings (SSSR count). The average Bonchev–Trinajstić information content (AvgIpc) is 2.72. The SMILES string of the molecule is CN=C(NCC(=O)N1CCN(c2ccccc2)CC1)NCC(C)(C)NC(=O)OC(C)(C)C.I. The molecule has 33 heavy (non-hydrogen) atoms. The van der Waals surface area contributed by atoms with Gasteiger partial charge in [0.2, 0.25) is 5.91 Å². The summed E-state index contributed by atoms with van der Waals surface area (Å²) >= 11 is 0. The van der Waals surface area contributed by atoms with Crippen LogP contribution in [0, 0.1) is 0 Å². The first-order chi connectivity index (χ1) is 15.0. The van der Waals surface area contributed by atoms with Crippen molar-refractivity contribution >= 4 is 47.6 Å². The number of benzene rings is 1. The number of nitrogens with one attached hydrogen (secondary N) is 3. The second kappa shape index (κ2) is 12.9. The summed E-state index contributed by atoms with van der Waals surface area (Å²) in [5, 5.41) is 9.06. The standard InChI is InChI=1S/C23H38N6O3.HI/c1-22(2,3)32-21(31)27-23(4,5)17-26-20(24-6)25-16-19(30)29-14-12-28(13-15-29)18-10-8-7-9-11-18;/h7-11H,12-17H2,1-6H3,(H,27,31)(H2,24,25,26);1H. The third-order valence-corrected chi connectivity index (χ3v) is 4.92. The van der Waals surface area contributed by atoms with Gasteiger partial charge in [0.05, 0.1) is 12.1 Å². The Morgan fingerprint density at radius 3 is 2.15 bits per heavy atom. The van der Waals surface area contributed by atoms with Crippen LogP contribution in [0.1, 0.15) is 34.6 Å². The maximum absolute atomic E-state index is 12.6. The molecular weight excluding hydrogens is 535 g/mol. The van der Waals surface area contributed by atoms with Crippen LogP contribution in [-0.2, 0) is 9.53 Å². The highest BCUT2D eigenvalue weighted by molar-refractivity contribution is 14.0. The highest BCUT2D eigenvalue weighted by atomic mass is 127. The Morgan fingerprint density at radius 1 is 1.00 bits per heavy atom. The summed E-state index contributed by atoms with van der Waals surface area (Å²) in [6.07, 6.45) is -0.475. The first-order valence-corrected chi connectivity index (χ1v) is 11.0. The summed E-state index contributed by atoms with van der Waals surface area (Å²) in [6, 6.07) is 10.2. The fraction of sp³-hybridized carbons (Fsp3) is 0.609. The van der Waals surface area contributed by atoms with Gasteiger partial charge in [-0.3, -0.25) is 9.79 Å². The molecule has 0 bridgehead atoms. The Bertz CT molecular complexity index is 787. The predicted molar refractivity (Wildman–Crippen MR) is 143 cm³/mol. The van der Waals surface area contributed by atoms with Crippen molar-refractivity contribution in [1.29, 1.82) is 0 Å². The Labute approximate surface area is 214 Å². The van der Waals surface area contributed by atoms with Crippen molar-refractivity contribution in [1.82, 2.24) is 20.9 Å². The predicted octanol–water partition coefficient (Wildman–Crippen LogP) is 2.42. The number of carbonyl (C=O) groups is 2. The fourth-order valence-electron chi connectivity index (χ4n) is 3.27. The van der Waals surface area contributed by atoms with Crippen LogP contribution in [0.4, 0.5) is 10.5 Å². The molecule has 1 aromatic rings. The zero-order valence-corrected chi connectivity index (χ0v) is 22.9. The number of para-hydroxylation sites is 1. The van der Waals surface area contributed by atoms with Gasteiger partial charge in [0.15, 0.2) is 5.96 Å². The highest BCUT2D eigenvalue weighted by Crippen LogP contribution is 2.15. The van der Waals surface area contributed by atoms with E-state index in [0.717, 1.165) is 13.1 Å². The van der Waals surface area contributed by atoms with E-state index in [1.54, 1.807) is 7.05 Å². The van der Waals surface area contributed by atoms with E-state index in [9.17, 15) is 9.59 Å². The molecule has 1 aliphatic rings. The molecule has 0 radical (unpaired) electrons. The normalized spacial score (nSPS) is 14.8. The van der Waals surface area contributed by atoms with Gasteiger partial charge in [-0.15, -0.1) is 24.0 Å². The monoisotopic (exact) mass is 574 g/mol. The summed E-state index contributed by atoms with van der Waals surface area (Å²) in [4.78, 5) is 33.0. The molecule has 1 aliphatic heterocycles. The largest absolute Gasteiger partial charge is 0.444 e. The van der Waals surface area contributed by atoms with E-state index < -0.39 is 17.2 Å². The maximum Gasteiger partial charge on any atom is 0.408 e. The van der Waals surface area contributed by atoms with Gasteiger partial charge in [0.25, 0.3) is 0 Å². The van der Waals surface area contributed by atoms with Crippen molar-refractivity contribution in [3.05, 3.63) is 30.3 Å². The summed E-state index contributed by atoms with van der Waals surface area (Å²) < 4.78 is 5.31. The van der Waals surface area contributed by atoms with Crippen LogP contribution in [0.25, 0.3) is 0 Å². The van der Waals surface area contributed by atoms with E-state index in [0.29, 0.717) is 25.6 Å². The lowest BCUT2D eigenvalue weighted by molar-refractivity contribution is -0.130. The molecule has 9 nitrogen and oxygen atoms in total. The number of amides is 2. The second-order valence-electron chi connectivity index (χ2n) is 9.49. The van der Waals surface area contributed by atoms with Gasteiger partial charge < -0.3 is 30.5 Å². The molecule has 10 heteroatoms. The third-order valence-electron chi connectivity index (χ3n) is 4.92. The molecule has 0 unspecified atom stereocenters. The van der Waals surface area contributed by atoms with Gasteiger partial charge in [-0.05, 0) is 46.8 Å². The molecule has 0 saturated carbocycles. The van der Waals surface area contributed by atoms with Crippen LogP contribution in [0.5, 0.6) is 0 Å². The van der Waals surface area contributed by atoms with Crippen LogP contribution in [-0.4, -0.2) is 80.3 Å². The Balaban J connectivity index is 0.00000544. The second-order valence-corrected chi connectivity index (χ2v) is 9.49. The minimum Gasteiger partial charge on any atom is -0.444 e. The van der Waals surface area contributed by atoms with Crippen LogP contribution in [0.2, 0.25) is 0 Å². The number of hydrogen-bond donors (Lipinski definition) is 3. The molecule has 0 aromatic heterocycles. The molecule has 2 amide bonds. The van der Waals surface area contributed by atoms with Gasteiger partial charge >= 0.3 is 6.09 Å². The number of alkyl carbamates (subject to hydrolysis) is 1. The molecule has 1 saturated heterocycles. The number of nitrogens with zero attached hydrogens (tertiary/aromatic N) is 3. The average molecular weight is 575 g/mol. The molecule has 186 valence electrons. The number of carbonyl (C=O) groups excluding carboxylic acids is 2. The van der Waals surface area contributed by atoms with E-state index in [1.807, 2.05) is 57.7 Å². The quantitative estimate of drug-likeness (QED) is 0.275. The molecular formula is C23H39IN6O3. The number of aliphatic imine (C=N–C) groups is 1. The van der Waals surface area contributed by atoms with Gasteiger partial charge in [0.1, 0.15) is 5.60 Å². The van der Waals surface area contributed by atoms with Crippen molar-refractivity contribution < 1.29 is 14.3 Å².